The van der Waals surface area contributed by atoms with Gasteiger partial charge >= 0.3 is 0 Å². The summed E-state index contributed by atoms with van der Waals surface area (Å²) in [6.45, 7) is 4.16. The fourth-order valence-corrected chi connectivity index (χ4v) is 3.29. The van der Waals surface area contributed by atoms with Crippen LogP contribution in [0, 0.1) is 6.92 Å². The zero-order chi connectivity index (χ0) is 14.9. The highest BCUT2D eigenvalue weighted by Gasteiger charge is 2.28. The standard InChI is InChI=1S/C13H20N2O4S/c1-9-6-4-3-5-7-15(9)13(16)11-8-12(10(2)19-11)20(14,17)18/h8-9H,3-7H2,1-2H3,(H2,14,17,18). The Balaban J connectivity index is 2.29. The molecule has 2 N–H and O–H groups in total. The molecule has 2 heterocycles. The van der Waals surface area contributed by atoms with E-state index >= 15 is 0 Å². The van der Waals surface area contributed by atoms with Crippen LogP contribution in [0.25, 0.3) is 0 Å². The maximum atomic E-state index is 12.5. The van der Waals surface area contributed by atoms with E-state index in [0.29, 0.717) is 6.54 Å². The van der Waals surface area contributed by atoms with Crippen LogP contribution in [0.3, 0.4) is 0 Å². The van der Waals surface area contributed by atoms with Crippen LogP contribution in [0.4, 0.5) is 0 Å². The average molecular weight is 300 g/mol. The van der Waals surface area contributed by atoms with Crippen LogP contribution in [0.2, 0.25) is 0 Å². The third kappa shape index (κ3) is 3.04. The lowest BCUT2D eigenvalue weighted by Gasteiger charge is -2.26. The van der Waals surface area contributed by atoms with E-state index in [0.717, 1.165) is 25.7 Å². The van der Waals surface area contributed by atoms with Crippen LogP contribution < -0.4 is 5.14 Å². The Labute approximate surface area is 119 Å². The quantitative estimate of drug-likeness (QED) is 0.898. The average Bonchev–Trinajstić information content (AvgIpc) is 2.62. The normalized spacial score (nSPS) is 20.8. The van der Waals surface area contributed by atoms with Crippen molar-refractivity contribution in [3.63, 3.8) is 0 Å². The molecule has 6 nitrogen and oxygen atoms in total. The minimum absolute atomic E-state index is 0.0419. The van der Waals surface area contributed by atoms with Gasteiger partial charge in [0.05, 0.1) is 0 Å². The van der Waals surface area contributed by atoms with Crippen molar-refractivity contribution in [3.05, 3.63) is 17.6 Å². The number of furan rings is 1. The predicted molar refractivity (Wildman–Crippen MR) is 73.8 cm³/mol. The molecule has 0 radical (unpaired) electrons. The van der Waals surface area contributed by atoms with Crippen molar-refractivity contribution >= 4 is 15.9 Å². The van der Waals surface area contributed by atoms with Gasteiger partial charge in [-0.15, -0.1) is 0 Å². The summed E-state index contributed by atoms with van der Waals surface area (Å²) in [5.41, 5.74) is 0. The molecule has 1 saturated heterocycles. The van der Waals surface area contributed by atoms with Gasteiger partial charge in [-0.1, -0.05) is 12.8 Å². The second-order valence-electron chi connectivity index (χ2n) is 5.27. The number of nitrogens with zero attached hydrogens (tertiary/aromatic N) is 1. The Morgan fingerprint density at radius 2 is 2.10 bits per heavy atom. The summed E-state index contributed by atoms with van der Waals surface area (Å²) in [5.74, 6) is -0.0731. The zero-order valence-electron chi connectivity index (χ0n) is 11.8. The Hall–Kier alpha value is -1.34. The molecule has 1 aromatic rings. The molecule has 0 aliphatic carbocycles. The molecular weight excluding hydrogens is 280 g/mol. The first-order chi connectivity index (χ1) is 9.30. The summed E-state index contributed by atoms with van der Waals surface area (Å²) in [5, 5.41) is 5.09. The molecule has 0 bridgehead atoms. The van der Waals surface area contributed by atoms with Crippen molar-refractivity contribution in [1.29, 1.82) is 0 Å². The van der Waals surface area contributed by atoms with Crippen LogP contribution in [-0.4, -0.2) is 31.8 Å². The van der Waals surface area contributed by atoms with Gasteiger partial charge in [0.1, 0.15) is 10.7 Å². The van der Waals surface area contributed by atoms with Gasteiger partial charge in [0, 0.05) is 18.7 Å². The number of sulfonamides is 1. The summed E-state index contributed by atoms with van der Waals surface area (Å²) in [7, 11) is -3.86. The molecule has 7 heteroatoms. The lowest BCUT2D eigenvalue weighted by Crippen LogP contribution is -2.38. The van der Waals surface area contributed by atoms with Gasteiger partial charge in [0.25, 0.3) is 5.91 Å². The van der Waals surface area contributed by atoms with Crippen LogP contribution >= 0.6 is 0 Å². The summed E-state index contributed by atoms with van der Waals surface area (Å²) in [6.07, 6.45) is 4.11. The number of hydrogen-bond donors (Lipinski definition) is 1. The number of nitrogens with two attached hydrogens (primary N) is 1. The summed E-state index contributed by atoms with van der Waals surface area (Å²) >= 11 is 0. The molecule has 20 heavy (non-hydrogen) atoms. The number of likely N-dealkylation sites (tertiary alicyclic amines) is 1. The minimum Gasteiger partial charge on any atom is -0.455 e. The van der Waals surface area contributed by atoms with Gasteiger partial charge in [0.15, 0.2) is 5.76 Å². The lowest BCUT2D eigenvalue weighted by atomic mass is 10.1. The van der Waals surface area contributed by atoms with E-state index in [1.807, 2.05) is 6.92 Å². The van der Waals surface area contributed by atoms with Gasteiger partial charge in [-0.2, -0.15) is 0 Å². The largest absolute Gasteiger partial charge is 0.455 e. The van der Waals surface area contributed by atoms with Crippen molar-refractivity contribution in [2.75, 3.05) is 6.54 Å². The number of carbonyl (C=O) groups excluding carboxylic acids is 1. The Morgan fingerprint density at radius 1 is 1.40 bits per heavy atom. The second kappa shape index (κ2) is 5.57. The highest BCUT2D eigenvalue weighted by Crippen LogP contribution is 2.23. The Bertz CT molecular complexity index is 606. The number of aryl methyl sites for hydroxylation is 1. The van der Waals surface area contributed by atoms with Gasteiger partial charge < -0.3 is 9.32 Å². The summed E-state index contributed by atoms with van der Waals surface area (Å²) in [6, 6.07) is 1.36. The molecule has 1 atom stereocenters. The van der Waals surface area contributed by atoms with E-state index in [4.69, 9.17) is 9.56 Å². The van der Waals surface area contributed by atoms with Crippen molar-refractivity contribution in [2.45, 2.75) is 50.5 Å². The fraction of sp³-hybridized carbons (Fsp3) is 0.615. The molecule has 1 aliphatic heterocycles. The third-order valence-corrected chi connectivity index (χ3v) is 4.72. The first kappa shape index (κ1) is 15.1. The van der Waals surface area contributed by atoms with Crippen LogP contribution in [0.15, 0.2) is 15.4 Å². The van der Waals surface area contributed by atoms with E-state index in [9.17, 15) is 13.2 Å². The summed E-state index contributed by atoms with van der Waals surface area (Å²) in [4.78, 5) is 14.1. The first-order valence-electron chi connectivity index (χ1n) is 6.75. The molecule has 0 saturated carbocycles. The van der Waals surface area contributed by atoms with Crippen molar-refractivity contribution in [3.8, 4) is 0 Å². The predicted octanol–water partition coefficient (Wildman–Crippen LogP) is 1.64. The Kier molecular flexibility index (Phi) is 4.19. The molecule has 1 aromatic heterocycles. The minimum atomic E-state index is -3.86. The first-order valence-corrected chi connectivity index (χ1v) is 8.29. The monoisotopic (exact) mass is 300 g/mol. The maximum Gasteiger partial charge on any atom is 0.289 e. The molecule has 1 aliphatic rings. The van der Waals surface area contributed by atoms with E-state index < -0.39 is 10.0 Å². The van der Waals surface area contributed by atoms with Gasteiger partial charge in [-0.05, 0) is 26.7 Å². The third-order valence-electron chi connectivity index (χ3n) is 3.70. The van der Waals surface area contributed by atoms with Gasteiger partial charge in [-0.3, -0.25) is 4.79 Å². The van der Waals surface area contributed by atoms with E-state index in [1.54, 1.807) is 4.90 Å². The van der Waals surface area contributed by atoms with E-state index in [2.05, 4.69) is 0 Å². The number of amides is 1. The SMILES string of the molecule is Cc1oc(C(=O)N2CCCCCC2C)cc1S(N)(=O)=O. The topological polar surface area (TPSA) is 93.6 Å². The highest BCUT2D eigenvalue weighted by atomic mass is 32.2. The Morgan fingerprint density at radius 3 is 2.70 bits per heavy atom. The zero-order valence-corrected chi connectivity index (χ0v) is 12.6. The van der Waals surface area contributed by atoms with Crippen LogP contribution in [0.5, 0.6) is 0 Å². The number of primary sulfonamides is 1. The smallest absolute Gasteiger partial charge is 0.289 e. The van der Waals surface area contributed by atoms with Gasteiger partial charge in [0.2, 0.25) is 10.0 Å². The summed E-state index contributed by atoms with van der Waals surface area (Å²) < 4.78 is 28.1. The molecule has 2 rings (SSSR count). The van der Waals surface area contributed by atoms with Crippen LogP contribution in [-0.2, 0) is 10.0 Å². The molecule has 1 unspecified atom stereocenters. The fourth-order valence-electron chi connectivity index (χ4n) is 2.57. The second-order valence-corrected chi connectivity index (χ2v) is 6.80. The van der Waals surface area contributed by atoms with E-state index in [1.165, 1.54) is 13.0 Å². The molecule has 0 spiro atoms. The van der Waals surface area contributed by atoms with Crippen molar-refractivity contribution < 1.29 is 17.6 Å². The van der Waals surface area contributed by atoms with Gasteiger partial charge in [-0.25, -0.2) is 13.6 Å². The number of rotatable bonds is 2. The maximum absolute atomic E-state index is 12.5. The molecule has 1 amide bonds. The van der Waals surface area contributed by atoms with Crippen molar-refractivity contribution in [1.82, 2.24) is 4.90 Å². The molecular formula is C13H20N2O4S. The number of carbonyl (C=O) groups is 1. The van der Waals surface area contributed by atoms with Crippen LogP contribution in [0.1, 0.15) is 48.9 Å². The van der Waals surface area contributed by atoms with Crippen molar-refractivity contribution in [2.24, 2.45) is 5.14 Å². The number of hydrogen-bond acceptors (Lipinski definition) is 4. The van der Waals surface area contributed by atoms with E-state index in [-0.39, 0.29) is 28.4 Å². The molecule has 112 valence electrons. The highest BCUT2D eigenvalue weighted by molar-refractivity contribution is 7.89. The molecule has 0 aromatic carbocycles. The molecule has 1 fully saturated rings. The lowest BCUT2D eigenvalue weighted by molar-refractivity contribution is 0.0664.